The molecule has 2 rings (SSSR count). The molecule has 0 saturated carbocycles. The minimum absolute atomic E-state index is 0.413. The average molecular weight is 305 g/mol. The summed E-state index contributed by atoms with van der Waals surface area (Å²) >= 11 is 6.00. The van der Waals surface area contributed by atoms with E-state index in [0.29, 0.717) is 29.5 Å². The number of methoxy groups -OCH3 is 1. The molecule has 1 fully saturated rings. The fourth-order valence-corrected chi connectivity index (χ4v) is 3.50. The van der Waals surface area contributed by atoms with E-state index < -0.39 is 10.2 Å². The largest absolute Gasteiger partial charge is 0.495 e. The van der Waals surface area contributed by atoms with Gasteiger partial charge in [-0.05, 0) is 31.4 Å². The van der Waals surface area contributed by atoms with Crippen LogP contribution in [0.15, 0.2) is 12.1 Å². The van der Waals surface area contributed by atoms with Crippen molar-refractivity contribution >= 4 is 27.5 Å². The van der Waals surface area contributed by atoms with Gasteiger partial charge < -0.3 is 4.74 Å². The third-order valence-corrected chi connectivity index (χ3v) is 5.05. The molecule has 0 unspecified atom stereocenters. The van der Waals surface area contributed by atoms with Crippen LogP contribution in [-0.4, -0.2) is 32.9 Å². The summed E-state index contributed by atoms with van der Waals surface area (Å²) in [6.07, 6.45) is 1.80. The molecule has 1 aliphatic heterocycles. The lowest BCUT2D eigenvalue weighted by atomic mass is 10.2. The average Bonchev–Trinajstić information content (AvgIpc) is 2.87. The molecule has 1 aliphatic rings. The minimum Gasteiger partial charge on any atom is -0.495 e. The lowest BCUT2D eigenvalue weighted by Crippen LogP contribution is -2.33. The Bertz CT molecular complexity index is 569. The molecule has 1 aromatic rings. The van der Waals surface area contributed by atoms with E-state index in [2.05, 4.69) is 4.72 Å². The first kappa shape index (κ1) is 14.4. The molecule has 19 heavy (non-hydrogen) atoms. The molecule has 1 heterocycles. The van der Waals surface area contributed by atoms with E-state index >= 15 is 0 Å². The Kier molecular flexibility index (Phi) is 4.23. The topological polar surface area (TPSA) is 58.6 Å². The lowest BCUT2D eigenvalue weighted by Gasteiger charge is -2.19. The molecule has 0 radical (unpaired) electrons. The van der Waals surface area contributed by atoms with Gasteiger partial charge in [-0.1, -0.05) is 11.6 Å². The Morgan fingerprint density at radius 2 is 1.95 bits per heavy atom. The van der Waals surface area contributed by atoms with E-state index in [-0.39, 0.29) is 0 Å². The summed E-state index contributed by atoms with van der Waals surface area (Å²) in [5.74, 6) is 0.415. The van der Waals surface area contributed by atoms with Crippen molar-refractivity contribution in [1.29, 1.82) is 0 Å². The second-order valence-electron chi connectivity index (χ2n) is 4.51. The molecule has 0 atom stereocenters. The van der Waals surface area contributed by atoms with Crippen LogP contribution >= 0.6 is 11.6 Å². The summed E-state index contributed by atoms with van der Waals surface area (Å²) in [5.41, 5.74) is 1.21. The zero-order valence-electron chi connectivity index (χ0n) is 10.9. The normalized spacial score (nSPS) is 16.6. The summed E-state index contributed by atoms with van der Waals surface area (Å²) in [4.78, 5) is 0. The van der Waals surface area contributed by atoms with Crippen LogP contribution in [0.1, 0.15) is 18.4 Å². The number of anilines is 1. The van der Waals surface area contributed by atoms with Crippen LogP contribution in [0.3, 0.4) is 0 Å². The Morgan fingerprint density at radius 3 is 2.53 bits per heavy atom. The summed E-state index contributed by atoms with van der Waals surface area (Å²) < 4.78 is 33.5. The van der Waals surface area contributed by atoms with E-state index in [1.165, 1.54) is 11.4 Å². The van der Waals surface area contributed by atoms with Crippen molar-refractivity contribution in [3.63, 3.8) is 0 Å². The highest BCUT2D eigenvalue weighted by Crippen LogP contribution is 2.32. The molecular weight excluding hydrogens is 288 g/mol. The molecule has 0 spiro atoms. The van der Waals surface area contributed by atoms with Gasteiger partial charge in [0.25, 0.3) is 0 Å². The number of hydrogen-bond donors (Lipinski definition) is 1. The lowest BCUT2D eigenvalue weighted by molar-refractivity contribution is 0.416. The van der Waals surface area contributed by atoms with Crippen molar-refractivity contribution in [2.45, 2.75) is 19.8 Å². The summed E-state index contributed by atoms with van der Waals surface area (Å²) in [6.45, 7) is 2.93. The van der Waals surface area contributed by atoms with Crippen LogP contribution in [0.5, 0.6) is 5.75 Å². The Hall–Kier alpha value is -0.980. The number of hydrogen-bond acceptors (Lipinski definition) is 3. The van der Waals surface area contributed by atoms with Gasteiger partial charge in [0.2, 0.25) is 0 Å². The molecule has 0 amide bonds. The number of nitrogens with one attached hydrogen (secondary N) is 1. The molecular formula is C12H17ClN2O3S. The quantitative estimate of drug-likeness (QED) is 0.929. The first-order chi connectivity index (χ1) is 8.94. The monoisotopic (exact) mass is 304 g/mol. The van der Waals surface area contributed by atoms with Gasteiger partial charge in [-0.3, -0.25) is 4.72 Å². The highest BCUT2D eigenvalue weighted by Gasteiger charge is 2.26. The van der Waals surface area contributed by atoms with Crippen LogP contribution in [0.4, 0.5) is 5.69 Å². The number of halogens is 1. The van der Waals surface area contributed by atoms with Gasteiger partial charge in [0, 0.05) is 24.2 Å². The predicted octanol–water partition coefficient (Wildman–Crippen LogP) is 2.41. The van der Waals surface area contributed by atoms with Crippen LogP contribution in [0.25, 0.3) is 0 Å². The molecule has 1 aromatic carbocycles. The minimum atomic E-state index is -3.52. The van der Waals surface area contributed by atoms with Crippen molar-refractivity contribution < 1.29 is 13.2 Å². The zero-order valence-corrected chi connectivity index (χ0v) is 12.5. The maximum absolute atomic E-state index is 12.2. The molecule has 1 N–H and O–H groups in total. The maximum atomic E-state index is 12.2. The van der Waals surface area contributed by atoms with Gasteiger partial charge in [-0.2, -0.15) is 12.7 Å². The standard InChI is InChI=1S/C12H17ClN2O3S/c1-9-7-11(12(18-2)8-10(9)13)14-19(16,17)15-5-3-4-6-15/h7-8,14H,3-6H2,1-2H3. The van der Waals surface area contributed by atoms with E-state index in [1.807, 2.05) is 6.92 Å². The van der Waals surface area contributed by atoms with Gasteiger partial charge in [0.1, 0.15) is 5.75 Å². The van der Waals surface area contributed by atoms with Crippen LogP contribution in [0, 0.1) is 6.92 Å². The summed E-state index contributed by atoms with van der Waals surface area (Å²) in [7, 11) is -2.03. The van der Waals surface area contributed by atoms with Gasteiger partial charge in [-0.25, -0.2) is 0 Å². The first-order valence-electron chi connectivity index (χ1n) is 6.06. The Morgan fingerprint density at radius 1 is 1.32 bits per heavy atom. The van der Waals surface area contributed by atoms with Gasteiger partial charge in [0.05, 0.1) is 12.8 Å². The molecule has 0 aromatic heterocycles. The van der Waals surface area contributed by atoms with Gasteiger partial charge in [-0.15, -0.1) is 0 Å². The number of rotatable bonds is 4. The van der Waals surface area contributed by atoms with Crippen LogP contribution < -0.4 is 9.46 Å². The number of ether oxygens (including phenoxy) is 1. The molecule has 0 aliphatic carbocycles. The second kappa shape index (κ2) is 5.56. The van der Waals surface area contributed by atoms with Crippen molar-refractivity contribution in [3.8, 4) is 5.75 Å². The van der Waals surface area contributed by atoms with E-state index in [1.54, 1.807) is 12.1 Å². The molecule has 106 valence electrons. The van der Waals surface area contributed by atoms with Crippen molar-refractivity contribution in [3.05, 3.63) is 22.7 Å². The van der Waals surface area contributed by atoms with E-state index in [9.17, 15) is 8.42 Å². The SMILES string of the molecule is COc1cc(Cl)c(C)cc1NS(=O)(=O)N1CCCC1. The predicted molar refractivity (Wildman–Crippen MR) is 76.1 cm³/mol. The molecule has 0 bridgehead atoms. The molecule has 1 saturated heterocycles. The Balaban J connectivity index is 2.29. The summed E-state index contributed by atoms with van der Waals surface area (Å²) in [6, 6.07) is 3.29. The summed E-state index contributed by atoms with van der Waals surface area (Å²) in [5, 5.41) is 0.543. The third kappa shape index (κ3) is 3.13. The first-order valence-corrected chi connectivity index (χ1v) is 7.88. The van der Waals surface area contributed by atoms with Crippen LogP contribution in [0.2, 0.25) is 5.02 Å². The van der Waals surface area contributed by atoms with Gasteiger partial charge in [0.15, 0.2) is 0 Å². The number of aryl methyl sites for hydroxylation is 1. The molecule has 7 heteroatoms. The van der Waals surface area contributed by atoms with Crippen molar-refractivity contribution in [2.75, 3.05) is 24.9 Å². The van der Waals surface area contributed by atoms with Crippen molar-refractivity contribution in [2.24, 2.45) is 0 Å². The highest BCUT2D eigenvalue weighted by molar-refractivity contribution is 7.90. The molecule has 5 nitrogen and oxygen atoms in total. The number of nitrogens with zero attached hydrogens (tertiary/aromatic N) is 1. The van der Waals surface area contributed by atoms with Crippen molar-refractivity contribution in [1.82, 2.24) is 4.31 Å². The second-order valence-corrected chi connectivity index (χ2v) is 6.59. The fourth-order valence-electron chi connectivity index (χ4n) is 2.04. The van der Waals surface area contributed by atoms with Gasteiger partial charge >= 0.3 is 10.2 Å². The Labute approximate surface area is 118 Å². The third-order valence-electron chi connectivity index (χ3n) is 3.12. The maximum Gasteiger partial charge on any atom is 0.301 e. The van der Waals surface area contributed by atoms with Crippen LogP contribution in [-0.2, 0) is 10.2 Å². The highest BCUT2D eigenvalue weighted by atomic mass is 35.5. The number of benzene rings is 1. The van der Waals surface area contributed by atoms with E-state index in [4.69, 9.17) is 16.3 Å². The fraction of sp³-hybridized carbons (Fsp3) is 0.500. The zero-order chi connectivity index (χ0) is 14.0. The van der Waals surface area contributed by atoms with E-state index in [0.717, 1.165) is 18.4 Å². The smallest absolute Gasteiger partial charge is 0.301 e.